The highest BCUT2D eigenvalue weighted by molar-refractivity contribution is 9.10. The van der Waals surface area contributed by atoms with Crippen LogP contribution in [0.25, 0.3) is 6.08 Å². The Morgan fingerprint density at radius 3 is 1.95 bits per heavy atom. The third kappa shape index (κ3) is 9.14. The highest BCUT2D eigenvalue weighted by Crippen LogP contribution is 2.32. The number of carbonyl (C=O) groups is 5. The zero-order chi connectivity index (χ0) is 28.4. The minimum absolute atomic E-state index is 0.0219. The van der Waals surface area contributed by atoms with Gasteiger partial charge in [0.2, 0.25) is 18.2 Å². The van der Waals surface area contributed by atoms with Crippen molar-refractivity contribution in [3.05, 3.63) is 40.1 Å². The van der Waals surface area contributed by atoms with Gasteiger partial charge in [-0.2, -0.15) is 0 Å². The van der Waals surface area contributed by atoms with Gasteiger partial charge in [0.05, 0.1) is 6.61 Å². The van der Waals surface area contributed by atoms with Crippen molar-refractivity contribution in [1.82, 2.24) is 0 Å². The van der Waals surface area contributed by atoms with Crippen LogP contribution in [0.3, 0.4) is 0 Å². The van der Waals surface area contributed by atoms with E-state index in [1.807, 2.05) is 0 Å². The molecule has 0 aromatic heterocycles. The molecule has 2 rings (SSSR count). The van der Waals surface area contributed by atoms with Crippen LogP contribution in [0.2, 0.25) is 0 Å². The van der Waals surface area contributed by atoms with E-state index in [2.05, 4.69) is 15.9 Å². The Kier molecular flexibility index (Phi) is 11.7. The Morgan fingerprint density at radius 2 is 1.39 bits per heavy atom. The Labute approximate surface area is 227 Å². The Balaban J connectivity index is 2.59. The normalized spacial score (nSPS) is 23.0. The second kappa shape index (κ2) is 14.5. The minimum atomic E-state index is -1.59. The van der Waals surface area contributed by atoms with Gasteiger partial charge in [0.1, 0.15) is 12.7 Å². The van der Waals surface area contributed by atoms with Gasteiger partial charge in [-0.05, 0) is 24.6 Å². The van der Waals surface area contributed by atoms with Crippen LogP contribution >= 0.6 is 15.9 Å². The Hall–Kier alpha value is -3.45. The fourth-order valence-electron chi connectivity index (χ4n) is 3.49. The summed E-state index contributed by atoms with van der Waals surface area (Å²) in [5.74, 6) is -4.25. The third-order valence-electron chi connectivity index (χ3n) is 4.86. The van der Waals surface area contributed by atoms with E-state index in [0.29, 0.717) is 10.0 Å². The van der Waals surface area contributed by atoms with Gasteiger partial charge in [-0.25, -0.2) is 4.79 Å². The number of ether oxygens (including phenoxy) is 7. The zero-order valence-corrected chi connectivity index (χ0v) is 23.1. The molecule has 1 aromatic carbocycles. The first kappa shape index (κ1) is 30.8. The molecule has 1 fully saturated rings. The van der Waals surface area contributed by atoms with Gasteiger partial charge >= 0.3 is 29.8 Å². The number of rotatable bonds is 10. The smallest absolute Gasteiger partial charge is 0.373 e. The standard InChI is InChI=1S/C25H29BrO12/c1-6-32-24(31)19(11-17-9-7-8-10-18(17)26)37-25-23(36-16(5)30)22(35-15(4)29)21(34-14(3)28)20(38-25)12-33-13(2)27/h7-11,20-23,25H,6,12H2,1-5H3/b19-11-/t20-,21+,22+,23-,25-/m0/s1. The molecule has 0 aliphatic carbocycles. The first-order valence-corrected chi connectivity index (χ1v) is 12.3. The van der Waals surface area contributed by atoms with E-state index in [1.165, 1.54) is 6.08 Å². The third-order valence-corrected chi connectivity index (χ3v) is 5.58. The molecule has 38 heavy (non-hydrogen) atoms. The van der Waals surface area contributed by atoms with Crippen LogP contribution in [0.15, 0.2) is 34.5 Å². The van der Waals surface area contributed by atoms with Crippen LogP contribution < -0.4 is 0 Å². The molecular formula is C25H29BrO12. The van der Waals surface area contributed by atoms with E-state index < -0.39 is 67.2 Å². The summed E-state index contributed by atoms with van der Waals surface area (Å²) in [7, 11) is 0. The van der Waals surface area contributed by atoms with Gasteiger partial charge in [0.15, 0.2) is 12.2 Å². The van der Waals surface area contributed by atoms with Gasteiger partial charge in [0, 0.05) is 32.2 Å². The van der Waals surface area contributed by atoms with Crippen molar-refractivity contribution in [3.8, 4) is 0 Å². The van der Waals surface area contributed by atoms with Crippen LogP contribution in [0.4, 0.5) is 0 Å². The number of carbonyl (C=O) groups excluding carboxylic acids is 5. The van der Waals surface area contributed by atoms with Crippen LogP contribution in [-0.2, 0) is 57.1 Å². The number of halogens is 1. The van der Waals surface area contributed by atoms with Crippen molar-refractivity contribution in [1.29, 1.82) is 0 Å². The first-order valence-electron chi connectivity index (χ1n) is 11.5. The summed E-state index contributed by atoms with van der Waals surface area (Å²) in [6, 6.07) is 6.93. The van der Waals surface area contributed by atoms with E-state index in [9.17, 15) is 24.0 Å². The fraction of sp³-hybridized carbons (Fsp3) is 0.480. The number of hydrogen-bond acceptors (Lipinski definition) is 12. The van der Waals surface area contributed by atoms with Crippen molar-refractivity contribution in [3.63, 3.8) is 0 Å². The molecule has 1 aromatic rings. The summed E-state index contributed by atoms with van der Waals surface area (Å²) in [6.07, 6.45) is -5.78. The summed E-state index contributed by atoms with van der Waals surface area (Å²) in [5, 5.41) is 0. The molecule has 1 heterocycles. The Bertz CT molecular complexity index is 1070. The summed E-state index contributed by atoms with van der Waals surface area (Å²) in [4.78, 5) is 60.2. The lowest BCUT2D eigenvalue weighted by atomic mass is 9.98. The van der Waals surface area contributed by atoms with E-state index in [-0.39, 0.29) is 12.4 Å². The lowest BCUT2D eigenvalue weighted by Crippen LogP contribution is -2.63. The van der Waals surface area contributed by atoms with Crippen molar-refractivity contribution in [2.75, 3.05) is 13.2 Å². The van der Waals surface area contributed by atoms with Gasteiger partial charge in [-0.3, -0.25) is 19.2 Å². The first-order chi connectivity index (χ1) is 17.9. The van der Waals surface area contributed by atoms with Gasteiger partial charge in [-0.15, -0.1) is 0 Å². The van der Waals surface area contributed by atoms with Crippen LogP contribution in [-0.4, -0.2) is 73.8 Å². The summed E-state index contributed by atoms with van der Waals surface area (Å²) < 4.78 is 38.6. The summed E-state index contributed by atoms with van der Waals surface area (Å²) in [5.41, 5.74) is 0.543. The number of hydrogen-bond donors (Lipinski definition) is 0. The molecule has 1 aliphatic heterocycles. The molecule has 208 valence electrons. The number of benzene rings is 1. The monoisotopic (exact) mass is 600 g/mol. The maximum Gasteiger partial charge on any atom is 0.373 e. The molecule has 1 saturated heterocycles. The molecule has 0 amide bonds. The van der Waals surface area contributed by atoms with Crippen molar-refractivity contribution in [2.45, 2.75) is 65.3 Å². The predicted octanol–water partition coefficient (Wildman–Crippen LogP) is 2.45. The summed E-state index contributed by atoms with van der Waals surface area (Å²) in [6.45, 7) is 5.63. The average molecular weight is 601 g/mol. The van der Waals surface area contributed by atoms with E-state index in [1.54, 1.807) is 31.2 Å². The molecule has 1 aliphatic rings. The predicted molar refractivity (Wildman–Crippen MR) is 132 cm³/mol. The van der Waals surface area contributed by atoms with Gasteiger partial charge in [0.25, 0.3) is 0 Å². The largest absolute Gasteiger partial charge is 0.463 e. The van der Waals surface area contributed by atoms with Crippen LogP contribution in [0.1, 0.15) is 40.2 Å². The van der Waals surface area contributed by atoms with E-state index in [4.69, 9.17) is 33.2 Å². The second-order valence-electron chi connectivity index (χ2n) is 7.94. The zero-order valence-electron chi connectivity index (χ0n) is 21.5. The molecule has 0 spiro atoms. The van der Waals surface area contributed by atoms with Crippen LogP contribution in [0.5, 0.6) is 0 Å². The maximum atomic E-state index is 12.8. The molecule has 0 bridgehead atoms. The lowest BCUT2D eigenvalue weighted by molar-refractivity contribution is -0.299. The SMILES string of the molecule is CCOC(=O)/C(=C/c1ccccc1Br)O[C@H]1O[C@@H](COC(C)=O)[C@@H](OC(C)=O)[C@@H](OC(C)=O)[C@@H]1OC(C)=O. The highest BCUT2D eigenvalue weighted by atomic mass is 79.9. The molecule has 0 unspecified atom stereocenters. The molecule has 0 N–H and O–H groups in total. The molecular weight excluding hydrogens is 572 g/mol. The maximum absolute atomic E-state index is 12.8. The molecule has 0 radical (unpaired) electrons. The van der Waals surface area contributed by atoms with Crippen molar-refractivity contribution in [2.24, 2.45) is 0 Å². The summed E-state index contributed by atoms with van der Waals surface area (Å²) >= 11 is 3.39. The highest BCUT2D eigenvalue weighted by Gasteiger charge is 2.53. The molecule has 0 saturated carbocycles. The molecule has 5 atom stereocenters. The molecule has 12 nitrogen and oxygen atoms in total. The minimum Gasteiger partial charge on any atom is -0.463 e. The fourth-order valence-corrected chi connectivity index (χ4v) is 3.88. The molecule has 13 heteroatoms. The topological polar surface area (TPSA) is 150 Å². The van der Waals surface area contributed by atoms with Crippen molar-refractivity contribution >= 4 is 51.9 Å². The second-order valence-corrected chi connectivity index (χ2v) is 8.79. The van der Waals surface area contributed by atoms with Crippen molar-refractivity contribution < 1.29 is 57.1 Å². The van der Waals surface area contributed by atoms with Gasteiger partial charge < -0.3 is 33.2 Å². The average Bonchev–Trinajstić information content (AvgIpc) is 2.81. The van der Waals surface area contributed by atoms with Crippen LogP contribution in [0, 0.1) is 0 Å². The Morgan fingerprint density at radius 1 is 0.816 bits per heavy atom. The van der Waals surface area contributed by atoms with E-state index in [0.717, 1.165) is 27.7 Å². The lowest BCUT2D eigenvalue weighted by Gasteiger charge is -2.43. The number of esters is 5. The van der Waals surface area contributed by atoms with Gasteiger partial charge in [-0.1, -0.05) is 34.1 Å². The quantitative estimate of drug-likeness (QED) is 0.168. The van der Waals surface area contributed by atoms with E-state index >= 15 is 0 Å².